The van der Waals surface area contributed by atoms with Crippen molar-refractivity contribution in [2.24, 2.45) is 5.92 Å². The fraction of sp³-hybridized carbons (Fsp3) is 0.286. The molecule has 0 saturated carbocycles. The lowest BCUT2D eigenvalue weighted by atomic mass is 10.1. The average Bonchev–Trinajstić information content (AvgIpc) is 3.10. The Bertz CT molecular complexity index is 647. The molecule has 0 saturated heterocycles. The summed E-state index contributed by atoms with van der Waals surface area (Å²) < 4.78 is 1.08. The van der Waals surface area contributed by atoms with E-state index < -0.39 is 0 Å². The summed E-state index contributed by atoms with van der Waals surface area (Å²) in [5.41, 5.74) is 0.918. The van der Waals surface area contributed by atoms with Gasteiger partial charge in [0.25, 0.3) is 0 Å². The highest BCUT2D eigenvalue weighted by atomic mass is 79.9. The van der Waals surface area contributed by atoms with Crippen LogP contribution in [0.15, 0.2) is 33.5 Å². The molecular formula is C14H13BrN2OS2. The molecule has 0 radical (unpaired) electrons. The summed E-state index contributed by atoms with van der Waals surface area (Å²) in [5, 5.41) is 5.55. The van der Waals surface area contributed by atoms with E-state index in [1.54, 1.807) is 11.3 Å². The number of allylic oxidation sites excluding steroid dienone is 2. The summed E-state index contributed by atoms with van der Waals surface area (Å²) >= 11 is 6.55. The number of aromatic nitrogens is 1. The minimum atomic E-state index is 0.0508. The fourth-order valence-corrected chi connectivity index (χ4v) is 4.32. The molecule has 0 bridgehead atoms. The van der Waals surface area contributed by atoms with E-state index in [1.807, 2.05) is 17.5 Å². The molecule has 2 aromatic heterocycles. The number of nitrogens with zero attached hydrogens (tertiary/aromatic N) is 1. The van der Waals surface area contributed by atoms with Gasteiger partial charge in [0.1, 0.15) is 0 Å². The van der Waals surface area contributed by atoms with Gasteiger partial charge in [0.15, 0.2) is 5.13 Å². The van der Waals surface area contributed by atoms with E-state index in [4.69, 9.17) is 0 Å². The predicted molar refractivity (Wildman–Crippen MR) is 88.2 cm³/mol. The van der Waals surface area contributed by atoms with Crippen molar-refractivity contribution < 1.29 is 4.79 Å². The van der Waals surface area contributed by atoms with Crippen molar-refractivity contribution in [1.82, 2.24) is 4.98 Å². The molecule has 2 heterocycles. The standard InChI is InChI=1S/C14H13BrN2OS2/c15-12-6-5-11(20-12)10-8-19-14(16-10)17-13(18)7-9-3-1-2-4-9/h1,3,5-6,8-9H,2,4,7H2,(H,16,17,18)/t9-/m0/s1. The zero-order chi connectivity index (χ0) is 13.9. The van der Waals surface area contributed by atoms with E-state index in [0.29, 0.717) is 17.5 Å². The highest BCUT2D eigenvalue weighted by molar-refractivity contribution is 9.11. The quantitative estimate of drug-likeness (QED) is 0.777. The van der Waals surface area contributed by atoms with E-state index in [-0.39, 0.29) is 5.91 Å². The molecule has 1 aliphatic rings. The Balaban J connectivity index is 1.62. The van der Waals surface area contributed by atoms with Crippen LogP contribution in [0.1, 0.15) is 19.3 Å². The molecule has 0 spiro atoms. The van der Waals surface area contributed by atoms with Crippen molar-refractivity contribution in [1.29, 1.82) is 0 Å². The summed E-state index contributed by atoms with van der Waals surface area (Å²) in [6.45, 7) is 0. The number of amides is 1. The van der Waals surface area contributed by atoms with Gasteiger partial charge in [0.2, 0.25) is 5.91 Å². The first-order valence-electron chi connectivity index (χ1n) is 6.38. The molecule has 104 valence electrons. The molecule has 6 heteroatoms. The Hall–Kier alpha value is -0.980. The fourth-order valence-electron chi connectivity index (χ4n) is 2.17. The normalized spacial score (nSPS) is 17.6. The monoisotopic (exact) mass is 368 g/mol. The van der Waals surface area contributed by atoms with Crippen LogP contribution in [0.25, 0.3) is 10.6 Å². The number of anilines is 1. The minimum Gasteiger partial charge on any atom is -0.302 e. The smallest absolute Gasteiger partial charge is 0.226 e. The summed E-state index contributed by atoms with van der Waals surface area (Å²) in [6.07, 6.45) is 7.01. The number of thiophene rings is 1. The minimum absolute atomic E-state index is 0.0508. The van der Waals surface area contributed by atoms with E-state index in [2.05, 4.69) is 38.4 Å². The van der Waals surface area contributed by atoms with Crippen molar-refractivity contribution in [3.05, 3.63) is 33.5 Å². The van der Waals surface area contributed by atoms with Crippen LogP contribution in [0.3, 0.4) is 0 Å². The van der Waals surface area contributed by atoms with Crippen LogP contribution in [-0.2, 0) is 4.79 Å². The lowest BCUT2D eigenvalue weighted by Gasteiger charge is -2.06. The van der Waals surface area contributed by atoms with Gasteiger partial charge in [-0.2, -0.15) is 0 Å². The Morgan fingerprint density at radius 2 is 2.40 bits per heavy atom. The van der Waals surface area contributed by atoms with E-state index in [1.165, 1.54) is 11.3 Å². The van der Waals surface area contributed by atoms with Crippen LogP contribution in [-0.4, -0.2) is 10.9 Å². The second-order valence-corrected chi connectivity index (χ2v) is 7.98. The van der Waals surface area contributed by atoms with Crippen molar-refractivity contribution in [3.63, 3.8) is 0 Å². The predicted octanol–water partition coefficient (Wildman–Crippen LogP) is 4.93. The van der Waals surface area contributed by atoms with Crippen molar-refractivity contribution in [2.75, 3.05) is 5.32 Å². The Morgan fingerprint density at radius 3 is 3.10 bits per heavy atom. The second kappa shape index (κ2) is 6.20. The van der Waals surface area contributed by atoms with Crippen LogP contribution in [0.4, 0.5) is 5.13 Å². The molecular weight excluding hydrogens is 356 g/mol. The summed E-state index contributed by atoms with van der Waals surface area (Å²) in [6, 6.07) is 4.03. The average molecular weight is 369 g/mol. The summed E-state index contributed by atoms with van der Waals surface area (Å²) in [7, 11) is 0. The summed E-state index contributed by atoms with van der Waals surface area (Å²) in [4.78, 5) is 17.5. The molecule has 3 rings (SSSR count). The molecule has 0 unspecified atom stereocenters. The molecule has 2 aromatic rings. The van der Waals surface area contributed by atoms with Crippen LogP contribution < -0.4 is 5.32 Å². The molecule has 1 atom stereocenters. The van der Waals surface area contributed by atoms with Gasteiger partial charge in [-0.15, -0.1) is 22.7 Å². The Morgan fingerprint density at radius 1 is 1.50 bits per heavy atom. The number of rotatable bonds is 4. The van der Waals surface area contributed by atoms with E-state index in [0.717, 1.165) is 27.2 Å². The van der Waals surface area contributed by atoms with Crippen LogP contribution >= 0.6 is 38.6 Å². The van der Waals surface area contributed by atoms with Gasteiger partial charge in [-0.1, -0.05) is 12.2 Å². The highest BCUT2D eigenvalue weighted by Crippen LogP contribution is 2.33. The summed E-state index contributed by atoms with van der Waals surface area (Å²) in [5.74, 6) is 0.442. The third kappa shape index (κ3) is 3.37. The molecule has 1 amide bonds. The number of carbonyl (C=O) groups excluding carboxylic acids is 1. The van der Waals surface area contributed by atoms with Crippen LogP contribution in [0.5, 0.6) is 0 Å². The third-order valence-corrected chi connectivity index (χ3v) is 5.54. The SMILES string of the molecule is O=C(C[C@H]1C=CCC1)Nc1nc(-c2ccc(Br)s2)cs1. The largest absolute Gasteiger partial charge is 0.302 e. The molecule has 0 aliphatic heterocycles. The first-order valence-corrected chi connectivity index (χ1v) is 8.87. The number of hydrogen-bond donors (Lipinski definition) is 1. The van der Waals surface area contributed by atoms with E-state index in [9.17, 15) is 4.79 Å². The third-order valence-electron chi connectivity index (χ3n) is 3.14. The van der Waals surface area contributed by atoms with Crippen LogP contribution in [0.2, 0.25) is 0 Å². The van der Waals surface area contributed by atoms with Gasteiger partial charge in [-0.25, -0.2) is 4.98 Å². The maximum absolute atomic E-state index is 11.9. The zero-order valence-corrected chi connectivity index (χ0v) is 13.9. The highest BCUT2D eigenvalue weighted by Gasteiger charge is 2.15. The van der Waals surface area contributed by atoms with Crippen molar-refractivity contribution in [2.45, 2.75) is 19.3 Å². The van der Waals surface area contributed by atoms with Gasteiger partial charge < -0.3 is 5.32 Å². The number of halogens is 1. The first kappa shape index (κ1) is 14.0. The number of nitrogens with one attached hydrogen (secondary N) is 1. The maximum atomic E-state index is 11.9. The number of thiazole rings is 1. The van der Waals surface area contributed by atoms with Gasteiger partial charge in [0.05, 0.1) is 14.4 Å². The number of hydrogen-bond acceptors (Lipinski definition) is 4. The zero-order valence-electron chi connectivity index (χ0n) is 10.6. The van der Waals surface area contributed by atoms with Gasteiger partial charge in [0, 0.05) is 11.8 Å². The van der Waals surface area contributed by atoms with Gasteiger partial charge in [-0.3, -0.25) is 4.79 Å². The Labute approximate surface area is 133 Å². The molecule has 0 fully saturated rings. The van der Waals surface area contributed by atoms with Crippen molar-refractivity contribution in [3.8, 4) is 10.6 Å². The van der Waals surface area contributed by atoms with E-state index >= 15 is 0 Å². The molecule has 0 aromatic carbocycles. The Kier molecular flexibility index (Phi) is 4.33. The van der Waals surface area contributed by atoms with Crippen LogP contribution in [0, 0.1) is 5.92 Å². The molecule has 1 aliphatic carbocycles. The van der Waals surface area contributed by atoms with Gasteiger partial charge in [-0.05, 0) is 46.8 Å². The lowest BCUT2D eigenvalue weighted by molar-refractivity contribution is -0.116. The topological polar surface area (TPSA) is 42.0 Å². The molecule has 1 N–H and O–H groups in total. The second-order valence-electron chi connectivity index (χ2n) is 4.66. The van der Waals surface area contributed by atoms with Gasteiger partial charge >= 0.3 is 0 Å². The first-order chi connectivity index (χ1) is 9.70. The van der Waals surface area contributed by atoms with Crippen molar-refractivity contribution >= 4 is 49.6 Å². The lowest BCUT2D eigenvalue weighted by Crippen LogP contribution is -2.14. The molecule has 3 nitrogen and oxygen atoms in total. The molecule has 20 heavy (non-hydrogen) atoms. The maximum Gasteiger partial charge on any atom is 0.226 e. The number of carbonyl (C=O) groups is 1.